The minimum atomic E-state index is 0. The summed E-state index contributed by atoms with van der Waals surface area (Å²) >= 11 is 0. The highest BCUT2D eigenvalue weighted by atomic mass is 16.5. The van der Waals surface area contributed by atoms with Crippen molar-refractivity contribution in [3.63, 3.8) is 0 Å². The molecule has 2 nitrogen and oxygen atoms in total. The summed E-state index contributed by atoms with van der Waals surface area (Å²) in [5.41, 5.74) is 7.46. The van der Waals surface area contributed by atoms with Crippen LogP contribution in [0.25, 0.3) is 6.08 Å². The highest BCUT2D eigenvalue weighted by molar-refractivity contribution is 5.47. The summed E-state index contributed by atoms with van der Waals surface area (Å²) in [5, 5.41) is 0. The van der Waals surface area contributed by atoms with E-state index in [-0.39, 0.29) is 1.43 Å². The lowest BCUT2D eigenvalue weighted by atomic mass is 9.80. The number of benzene rings is 2. The van der Waals surface area contributed by atoms with Gasteiger partial charge in [-0.05, 0) is 91.0 Å². The van der Waals surface area contributed by atoms with Crippen LogP contribution in [0.1, 0.15) is 154 Å². The molecule has 0 radical (unpaired) electrons. The molecule has 0 heterocycles. The fourth-order valence-electron chi connectivity index (χ4n) is 5.76. The number of carbonyl (C=O) groups excluding carboxylic acids is 1. The molecule has 1 saturated carbocycles. The molecule has 2 aliphatic carbocycles. The average Bonchev–Trinajstić information content (AvgIpc) is 3.63. The molecule has 252 valence electrons. The van der Waals surface area contributed by atoms with Crippen molar-refractivity contribution in [2.45, 2.75) is 150 Å². The van der Waals surface area contributed by atoms with E-state index in [1.165, 1.54) is 127 Å². The Morgan fingerprint density at radius 2 is 1.39 bits per heavy atom. The van der Waals surface area contributed by atoms with Crippen molar-refractivity contribution in [3.05, 3.63) is 76.9 Å². The van der Waals surface area contributed by atoms with Crippen molar-refractivity contribution in [1.82, 2.24) is 0 Å². The molecule has 0 aliphatic heterocycles. The van der Waals surface area contributed by atoms with Gasteiger partial charge in [-0.25, -0.2) is 0 Å². The molecule has 0 amide bonds. The molecule has 0 bridgehead atoms. The summed E-state index contributed by atoms with van der Waals surface area (Å²) in [6, 6.07) is 16.2. The molecule has 0 spiro atoms. The van der Waals surface area contributed by atoms with Crippen LogP contribution >= 0.6 is 0 Å². The predicted molar refractivity (Wildman–Crippen MR) is 199 cm³/mol. The second-order valence-corrected chi connectivity index (χ2v) is 12.6. The van der Waals surface area contributed by atoms with Crippen molar-refractivity contribution < 1.29 is 11.0 Å². The zero-order chi connectivity index (χ0) is 32.8. The van der Waals surface area contributed by atoms with Gasteiger partial charge in [0.25, 0.3) is 0 Å². The fourth-order valence-corrected chi connectivity index (χ4v) is 5.76. The molecule has 44 heavy (non-hydrogen) atoms. The van der Waals surface area contributed by atoms with Crippen molar-refractivity contribution >= 4 is 12.9 Å². The van der Waals surface area contributed by atoms with Crippen LogP contribution in [0.4, 0.5) is 0 Å². The van der Waals surface area contributed by atoms with Crippen LogP contribution < -0.4 is 0 Å². The number of ether oxygens (including phenoxy) is 1. The molecule has 2 aromatic rings. The van der Waals surface area contributed by atoms with Crippen molar-refractivity contribution in [2.24, 2.45) is 11.8 Å². The Balaban J connectivity index is 0. The maximum Gasteiger partial charge on any atom is 0.106 e. The third kappa shape index (κ3) is 20.0. The number of carbonyl (C=O) groups is 1. The van der Waals surface area contributed by atoms with E-state index >= 15 is 0 Å². The van der Waals surface area contributed by atoms with Gasteiger partial charge >= 0.3 is 0 Å². The van der Waals surface area contributed by atoms with Crippen LogP contribution in [0.5, 0.6) is 0 Å². The van der Waals surface area contributed by atoms with Gasteiger partial charge in [0.2, 0.25) is 0 Å². The molecule has 0 aromatic heterocycles. The van der Waals surface area contributed by atoms with Crippen molar-refractivity contribution in [3.8, 4) is 0 Å². The predicted octanol–water partition coefficient (Wildman–Crippen LogP) is 12.7. The lowest BCUT2D eigenvalue weighted by molar-refractivity contribution is -0.0980. The van der Waals surface area contributed by atoms with Gasteiger partial charge in [0, 0.05) is 15.1 Å². The van der Waals surface area contributed by atoms with Crippen LogP contribution in [0, 0.1) is 11.8 Å². The molecule has 2 aliphatic rings. The van der Waals surface area contributed by atoms with Crippen molar-refractivity contribution in [1.29, 1.82) is 0 Å². The Morgan fingerprint density at radius 3 is 1.89 bits per heavy atom. The van der Waals surface area contributed by atoms with E-state index < -0.39 is 0 Å². The summed E-state index contributed by atoms with van der Waals surface area (Å²) in [5.74, 6) is 1.94. The quantitative estimate of drug-likeness (QED) is 0.211. The first-order chi connectivity index (χ1) is 21.5. The van der Waals surface area contributed by atoms with Crippen LogP contribution in [0.15, 0.2) is 49.0 Å². The zero-order valence-electron chi connectivity index (χ0n) is 29.9. The fraction of sp³-hybridized carbons (Fsp3) is 0.643. The molecule has 0 N–H and O–H groups in total. The number of rotatable bonds is 13. The molecule has 2 aromatic carbocycles. The second-order valence-electron chi connectivity index (χ2n) is 12.6. The lowest BCUT2D eigenvalue weighted by Crippen LogP contribution is -2.15. The summed E-state index contributed by atoms with van der Waals surface area (Å²) in [4.78, 5) is 8.00. The smallest absolute Gasteiger partial charge is 0.106 e. The van der Waals surface area contributed by atoms with Gasteiger partial charge in [-0.15, -0.1) is 0 Å². The van der Waals surface area contributed by atoms with Gasteiger partial charge in [0.1, 0.15) is 6.79 Å². The van der Waals surface area contributed by atoms with E-state index in [1.807, 2.05) is 12.9 Å². The minimum absolute atomic E-state index is 0. The topological polar surface area (TPSA) is 26.3 Å². The van der Waals surface area contributed by atoms with Gasteiger partial charge < -0.3 is 9.53 Å². The molecule has 1 fully saturated rings. The Bertz CT molecular complexity index is 911. The van der Waals surface area contributed by atoms with E-state index in [2.05, 4.69) is 83.7 Å². The molecule has 0 saturated heterocycles. The van der Waals surface area contributed by atoms with E-state index in [9.17, 15) is 0 Å². The van der Waals surface area contributed by atoms with Crippen LogP contribution in [-0.4, -0.2) is 20.5 Å². The van der Waals surface area contributed by atoms with Crippen LogP contribution in [0.3, 0.4) is 0 Å². The van der Waals surface area contributed by atoms with Gasteiger partial charge in [-0.1, -0.05) is 154 Å². The largest absolute Gasteiger partial charge is 0.385 e. The Labute approximate surface area is 276 Å². The van der Waals surface area contributed by atoms with Crippen LogP contribution in [0.2, 0.25) is 0 Å². The van der Waals surface area contributed by atoms with Crippen LogP contribution in [-0.2, 0) is 35.2 Å². The lowest BCUT2D eigenvalue weighted by Gasteiger charge is -2.25. The first-order valence-electron chi connectivity index (χ1n) is 18.1. The highest BCUT2D eigenvalue weighted by Crippen LogP contribution is 2.30. The molecule has 2 heteroatoms. The number of fused-ring (bicyclic) bond motifs is 1. The Morgan fingerprint density at radius 1 is 0.750 bits per heavy atom. The number of methoxy groups -OCH3 is 1. The Kier molecular flexibility index (Phi) is 28.0. The molecular weight excluding hydrogens is 536 g/mol. The van der Waals surface area contributed by atoms with Gasteiger partial charge in [0.15, 0.2) is 0 Å². The van der Waals surface area contributed by atoms with Gasteiger partial charge in [-0.3, -0.25) is 0 Å². The first kappa shape index (κ1) is 41.8. The van der Waals surface area contributed by atoms with E-state index in [0.29, 0.717) is 0 Å². The maximum atomic E-state index is 8.00. The van der Waals surface area contributed by atoms with Gasteiger partial charge in [-0.2, -0.15) is 0 Å². The number of unbranched alkanes of at least 4 members (excludes halogenated alkanes) is 4. The second kappa shape index (κ2) is 29.5. The minimum Gasteiger partial charge on any atom is -0.385 e. The highest BCUT2D eigenvalue weighted by Gasteiger charge is 2.18. The van der Waals surface area contributed by atoms with E-state index in [4.69, 9.17) is 9.53 Å². The molecule has 1 atom stereocenters. The standard InChI is InChI=1S/C25H32.C7H14.C5H12O.C4H10.CH2O.H2/c1-3-5-6-7-22-14-16-25-19-23(15-17-24(25)18-22)13-12-21-10-8-20(4-2)9-11-21;1-2-7-5-3-4-6-7;1-3-4-5-6-2;1-3-4-2;1-2;/h4,8-11,14,16,18,23H,2-3,5-7,12-13,15,17,19H2,1H3;7H,2-6H2,1H3;3-5H2,1-2H3;3-4H2,1-2H3;1H2;1H/t23-;;;;;/m0...../s1. The van der Waals surface area contributed by atoms with Gasteiger partial charge in [0.05, 0.1) is 0 Å². The molecular formula is C42H72O2. The summed E-state index contributed by atoms with van der Waals surface area (Å²) in [6.45, 7) is 17.8. The summed E-state index contributed by atoms with van der Waals surface area (Å²) in [7, 11) is 1.73. The summed E-state index contributed by atoms with van der Waals surface area (Å²) in [6.07, 6.45) is 26.1. The van der Waals surface area contributed by atoms with E-state index in [0.717, 1.165) is 18.4 Å². The molecule has 0 unspecified atom stereocenters. The monoisotopic (exact) mass is 609 g/mol. The third-order valence-corrected chi connectivity index (χ3v) is 8.98. The normalized spacial score (nSPS) is 15.1. The van der Waals surface area contributed by atoms with Crippen molar-refractivity contribution in [2.75, 3.05) is 13.7 Å². The number of aryl methyl sites for hydroxylation is 3. The SMILES string of the molecule is C=Cc1ccc(CC[C@H]2CCc3cc(CCCCC)ccc3C2)cc1.C=O.CCC1CCCC1.CCCC.CCCCOC.[HH]. The Hall–Kier alpha value is -2.19. The zero-order valence-corrected chi connectivity index (χ0v) is 29.9. The summed E-state index contributed by atoms with van der Waals surface area (Å²) < 4.78 is 4.78. The van der Waals surface area contributed by atoms with E-state index in [1.54, 1.807) is 23.8 Å². The maximum absolute atomic E-state index is 8.00. The number of hydrogen-bond acceptors (Lipinski definition) is 2. The third-order valence-electron chi connectivity index (χ3n) is 8.98. The first-order valence-corrected chi connectivity index (χ1v) is 18.1. The number of hydrogen-bond donors (Lipinski definition) is 0. The molecule has 4 rings (SSSR count). The average molecular weight is 609 g/mol.